The maximum atomic E-state index is 12.9. The van der Waals surface area contributed by atoms with Crippen LogP contribution in [0.2, 0.25) is 0 Å². The zero-order valence-electron chi connectivity index (χ0n) is 19.5. The summed E-state index contributed by atoms with van der Waals surface area (Å²) in [5, 5.41) is 3.16. The number of amides is 1. The first kappa shape index (κ1) is 22.7. The van der Waals surface area contributed by atoms with Gasteiger partial charge in [-0.1, -0.05) is 44.2 Å². The molecule has 6 nitrogen and oxygen atoms in total. The van der Waals surface area contributed by atoms with E-state index in [1.54, 1.807) is 0 Å². The third kappa shape index (κ3) is 5.85. The molecule has 32 heavy (non-hydrogen) atoms. The molecule has 2 aliphatic carbocycles. The van der Waals surface area contributed by atoms with Crippen LogP contribution in [0.15, 0.2) is 30.3 Å². The molecule has 0 aliphatic heterocycles. The van der Waals surface area contributed by atoms with Crippen molar-refractivity contribution < 1.29 is 9.53 Å². The van der Waals surface area contributed by atoms with Gasteiger partial charge in [0.2, 0.25) is 11.8 Å². The molecule has 1 fully saturated rings. The molecule has 1 aromatic heterocycles. The van der Waals surface area contributed by atoms with E-state index in [1.807, 2.05) is 30.3 Å². The van der Waals surface area contributed by atoms with Crippen LogP contribution >= 0.6 is 0 Å². The highest BCUT2D eigenvalue weighted by atomic mass is 16.5. The molecule has 172 valence electrons. The Kier molecular flexibility index (Phi) is 7.74. The van der Waals surface area contributed by atoms with Gasteiger partial charge < -0.3 is 15.0 Å². The lowest BCUT2D eigenvalue weighted by atomic mass is 9.99. The third-order valence-corrected chi connectivity index (χ3v) is 6.70. The quantitative estimate of drug-likeness (QED) is 0.573. The van der Waals surface area contributed by atoms with Crippen LogP contribution in [0.25, 0.3) is 11.4 Å². The largest absolute Gasteiger partial charge is 0.477 e. The van der Waals surface area contributed by atoms with Crippen molar-refractivity contribution in [1.82, 2.24) is 20.2 Å². The number of carbonyl (C=O) groups excluding carboxylic acids is 1. The minimum atomic E-state index is 0.0114. The Balaban J connectivity index is 1.46. The fourth-order valence-corrected chi connectivity index (χ4v) is 4.34. The molecular weight excluding hydrogens is 400 g/mol. The average molecular weight is 437 g/mol. The number of aromatic nitrogens is 2. The van der Waals surface area contributed by atoms with Crippen LogP contribution < -0.4 is 10.1 Å². The van der Waals surface area contributed by atoms with Crippen molar-refractivity contribution >= 4 is 5.91 Å². The maximum absolute atomic E-state index is 12.9. The summed E-state index contributed by atoms with van der Waals surface area (Å²) in [6.07, 6.45) is 5.70. The van der Waals surface area contributed by atoms with Crippen molar-refractivity contribution in [3.05, 3.63) is 41.6 Å². The second-order valence-corrected chi connectivity index (χ2v) is 8.99. The number of carbonyl (C=O) groups is 1. The summed E-state index contributed by atoms with van der Waals surface area (Å²) in [6, 6.07) is 10.1. The van der Waals surface area contributed by atoms with Crippen LogP contribution in [0, 0.1) is 11.8 Å². The van der Waals surface area contributed by atoms with E-state index in [0.717, 1.165) is 80.4 Å². The van der Waals surface area contributed by atoms with Crippen molar-refractivity contribution in [2.45, 2.75) is 52.4 Å². The van der Waals surface area contributed by atoms with E-state index in [4.69, 9.17) is 14.7 Å². The summed E-state index contributed by atoms with van der Waals surface area (Å²) in [4.78, 5) is 24.9. The van der Waals surface area contributed by atoms with Crippen LogP contribution in [0.4, 0.5) is 0 Å². The summed E-state index contributed by atoms with van der Waals surface area (Å²) in [5.41, 5.74) is 3.15. The van der Waals surface area contributed by atoms with Gasteiger partial charge in [0.25, 0.3) is 0 Å². The number of aryl methyl sites for hydroxylation is 1. The molecule has 2 aromatic rings. The first-order valence-electron chi connectivity index (χ1n) is 12.3. The van der Waals surface area contributed by atoms with E-state index in [0.29, 0.717) is 12.5 Å². The van der Waals surface area contributed by atoms with Crippen molar-refractivity contribution in [2.24, 2.45) is 11.8 Å². The molecule has 1 unspecified atom stereocenters. The lowest BCUT2D eigenvalue weighted by Crippen LogP contribution is -2.37. The van der Waals surface area contributed by atoms with Crippen molar-refractivity contribution in [1.29, 1.82) is 0 Å². The maximum Gasteiger partial charge on any atom is 0.223 e. The Hall–Kier alpha value is -2.47. The smallest absolute Gasteiger partial charge is 0.223 e. The van der Waals surface area contributed by atoms with E-state index in [9.17, 15) is 4.79 Å². The molecule has 0 radical (unpaired) electrons. The number of hydrogen-bond acceptors (Lipinski definition) is 5. The fourth-order valence-electron chi connectivity index (χ4n) is 4.34. The zero-order chi connectivity index (χ0) is 22.3. The topological polar surface area (TPSA) is 67.4 Å². The van der Waals surface area contributed by atoms with E-state index in [-0.39, 0.29) is 11.8 Å². The molecular formula is C26H36N4O2. The van der Waals surface area contributed by atoms with Crippen LogP contribution in [0.3, 0.4) is 0 Å². The second kappa shape index (κ2) is 10.9. The van der Waals surface area contributed by atoms with Gasteiger partial charge in [0, 0.05) is 30.1 Å². The lowest BCUT2D eigenvalue weighted by molar-refractivity contribution is -0.125. The molecule has 1 atom stereocenters. The first-order valence-corrected chi connectivity index (χ1v) is 12.3. The second-order valence-electron chi connectivity index (χ2n) is 8.99. The summed E-state index contributed by atoms with van der Waals surface area (Å²) < 4.78 is 6.20. The minimum absolute atomic E-state index is 0.0114. The Morgan fingerprint density at radius 1 is 1.06 bits per heavy atom. The fraction of sp³-hybridized carbons (Fsp3) is 0.577. The number of benzene rings is 1. The summed E-state index contributed by atoms with van der Waals surface area (Å²) in [5.74, 6) is 2.29. The molecule has 2 aliphatic rings. The molecule has 4 rings (SSSR count). The lowest BCUT2D eigenvalue weighted by Gasteiger charge is -2.19. The zero-order valence-corrected chi connectivity index (χ0v) is 19.5. The van der Waals surface area contributed by atoms with E-state index >= 15 is 0 Å². The van der Waals surface area contributed by atoms with Crippen molar-refractivity contribution in [3.63, 3.8) is 0 Å². The predicted octanol–water partition coefficient (Wildman–Crippen LogP) is 3.89. The summed E-state index contributed by atoms with van der Waals surface area (Å²) in [6.45, 7) is 8.67. The Morgan fingerprint density at radius 2 is 1.81 bits per heavy atom. The Morgan fingerprint density at radius 3 is 2.53 bits per heavy atom. The SMILES string of the molecule is CCN(CC)CCNC(=O)C1CCc2nc(-c3ccccc3)nc(OCC3CC3)c2CC1. The van der Waals surface area contributed by atoms with Crippen LogP contribution in [0.5, 0.6) is 5.88 Å². The van der Waals surface area contributed by atoms with Gasteiger partial charge in [-0.3, -0.25) is 4.79 Å². The van der Waals surface area contributed by atoms with Gasteiger partial charge in [-0.05, 0) is 57.5 Å². The molecule has 1 saturated carbocycles. The molecule has 0 saturated heterocycles. The van der Waals surface area contributed by atoms with E-state index in [1.165, 1.54) is 12.8 Å². The molecule has 0 spiro atoms. The van der Waals surface area contributed by atoms with Gasteiger partial charge in [-0.2, -0.15) is 4.98 Å². The predicted molar refractivity (Wildman–Crippen MR) is 127 cm³/mol. The number of fused-ring (bicyclic) bond motifs is 1. The third-order valence-electron chi connectivity index (χ3n) is 6.70. The molecule has 1 N–H and O–H groups in total. The number of nitrogens with zero attached hydrogens (tertiary/aromatic N) is 3. The van der Waals surface area contributed by atoms with E-state index in [2.05, 4.69) is 24.1 Å². The molecule has 1 aromatic carbocycles. The van der Waals surface area contributed by atoms with Crippen LogP contribution in [0.1, 0.15) is 50.8 Å². The summed E-state index contributed by atoms with van der Waals surface area (Å²) >= 11 is 0. The van der Waals surface area contributed by atoms with Crippen LogP contribution in [-0.4, -0.2) is 53.6 Å². The van der Waals surface area contributed by atoms with Crippen molar-refractivity contribution in [2.75, 3.05) is 32.8 Å². The van der Waals surface area contributed by atoms with Crippen LogP contribution in [-0.2, 0) is 17.6 Å². The highest BCUT2D eigenvalue weighted by molar-refractivity contribution is 5.78. The van der Waals surface area contributed by atoms with Gasteiger partial charge in [0.15, 0.2) is 5.82 Å². The molecule has 6 heteroatoms. The first-order chi connectivity index (χ1) is 15.7. The molecule has 1 heterocycles. The van der Waals surface area contributed by atoms with Gasteiger partial charge in [0.05, 0.1) is 12.3 Å². The highest BCUT2D eigenvalue weighted by Gasteiger charge is 2.28. The average Bonchev–Trinajstić information content (AvgIpc) is 3.67. The van der Waals surface area contributed by atoms with E-state index < -0.39 is 0 Å². The Labute approximate surface area is 191 Å². The number of nitrogens with one attached hydrogen (secondary N) is 1. The van der Waals surface area contributed by atoms with Crippen molar-refractivity contribution in [3.8, 4) is 17.3 Å². The number of ether oxygens (including phenoxy) is 1. The minimum Gasteiger partial charge on any atom is -0.477 e. The van der Waals surface area contributed by atoms with Gasteiger partial charge in [0.1, 0.15) is 0 Å². The highest BCUT2D eigenvalue weighted by Crippen LogP contribution is 2.34. The number of rotatable bonds is 10. The standard InChI is InChI=1S/C26H36N4O2/c1-3-30(4-2)17-16-27-25(31)21-12-14-22-23(15-13-21)28-24(20-8-6-5-7-9-20)29-26(22)32-18-19-10-11-19/h5-9,19,21H,3-4,10-18H2,1-2H3,(H,27,31). The monoisotopic (exact) mass is 436 g/mol. The van der Waals surface area contributed by atoms with Gasteiger partial charge in [-0.15, -0.1) is 0 Å². The molecule has 0 bridgehead atoms. The van der Waals surface area contributed by atoms with Gasteiger partial charge in [-0.25, -0.2) is 4.98 Å². The number of likely N-dealkylation sites (N-methyl/N-ethyl adjacent to an activating group) is 1. The van der Waals surface area contributed by atoms with Gasteiger partial charge >= 0.3 is 0 Å². The Bertz CT molecular complexity index is 894. The summed E-state index contributed by atoms with van der Waals surface area (Å²) in [7, 11) is 0. The molecule has 1 amide bonds. The normalized spacial score (nSPS) is 18.2. The number of hydrogen-bond donors (Lipinski definition) is 1.